The zero-order valence-corrected chi connectivity index (χ0v) is 8.71. The summed E-state index contributed by atoms with van der Waals surface area (Å²) in [5, 5.41) is 3.91. The van der Waals surface area contributed by atoms with Crippen molar-refractivity contribution in [3.63, 3.8) is 0 Å². The van der Waals surface area contributed by atoms with Crippen LogP contribution in [0.1, 0.15) is 24.7 Å². The van der Waals surface area contributed by atoms with Gasteiger partial charge in [-0.1, -0.05) is 5.16 Å². The summed E-state index contributed by atoms with van der Waals surface area (Å²) in [6.07, 6.45) is 5.73. The van der Waals surface area contributed by atoms with Gasteiger partial charge in [0.15, 0.2) is 5.82 Å². The van der Waals surface area contributed by atoms with Crippen LogP contribution in [-0.4, -0.2) is 15.1 Å². The first-order valence-corrected chi connectivity index (χ1v) is 5.34. The van der Waals surface area contributed by atoms with Crippen LogP contribution in [0.15, 0.2) is 29.0 Å². The molecule has 0 saturated heterocycles. The molecule has 0 spiro atoms. The molecular weight excluding hydrogens is 204 g/mol. The van der Waals surface area contributed by atoms with Gasteiger partial charge in [0.1, 0.15) is 0 Å². The van der Waals surface area contributed by atoms with Crippen molar-refractivity contribution in [2.24, 2.45) is 11.7 Å². The molecule has 1 aliphatic rings. The van der Waals surface area contributed by atoms with Gasteiger partial charge in [-0.25, -0.2) is 0 Å². The fraction of sp³-hybridized carbons (Fsp3) is 0.364. The Bertz CT molecular complexity index is 478. The minimum atomic E-state index is -0.0887. The molecule has 0 aliphatic heterocycles. The van der Waals surface area contributed by atoms with E-state index in [0.717, 1.165) is 18.4 Å². The van der Waals surface area contributed by atoms with Gasteiger partial charge in [-0.05, 0) is 30.9 Å². The Morgan fingerprint density at radius 2 is 2.31 bits per heavy atom. The topological polar surface area (TPSA) is 77.8 Å². The summed E-state index contributed by atoms with van der Waals surface area (Å²) in [7, 11) is 0. The van der Waals surface area contributed by atoms with Gasteiger partial charge < -0.3 is 10.3 Å². The average Bonchev–Trinajstić information content (AvgIpc) is 3.07. The molecule has 1 fully saturated rings. The van der Waals surface area contributed by atoms with Crippen LogP contribution >= 0.6 is 0 Å². The number of aromatic nitrogens is 3. The maximum Gasteiger partial charge on any atom is 0.259 e. The average molecular weight is 216 g/mol. The molecule has 1 atom stereocenters. The maximum atomic E-state index is 5.99. The molecule has 0 amide bonds. The van der Waals surface area contributed by atoms with E-state index < -0.39 is 0 Å². The van der Waals surface area contributed by atoms with Crippen molar-refractivity contribution >= 4 is 0 Å². The monoisotopic (exact) mass is 216 g/mol. The Balaban J connectivity index is 1.87. The van der Waals surface area contributed by atoms with E-state index in [4.69, 9.17) is 10.3 Å². The highest BCUT2D eigenvalue weighted by molar-refractivity contribution is 5.50. The summed E-state index contributed by atoms with van der Waals surface area (Å²) in [4.78, 5) is 8.30. The zero-order chi connectivity index (χ0) is 11.0. The molecule has 0 aromatic carbocycles. The van der Waals surface area contributed by atoms with Crippen LogP contribution in [0.25, 0.3) is 11.5 Å². The quantitative estimate of drug-likeness (QED) is 0.842. The van der Waals surface area contributed by atoms with Crippen LogP contribution in [0.2, 0.25) is 0 Å². The van der Waals surface area contributed by atoms with E-state index in [0.29, 0.717) is 17.6 Å². The zero-order valence-electron chi connectivity index (χ0n) is 8.71. The van der Waals surface area contributed by atoms with Crippen LogP contribution in [0, 0.1) is 5.92 Å². The van der Waals surface area contributed by atoms with Gasteiger partial charge in [0.05, 0.1) is 11.6 Å². The van der Waals surface area contributed by atoms with Crippen molar-refractivity contribution < 1.29 is 4.52 Å². The van der Waals surface area contributed by atoms with E-state index in [1.807, 2.05) is 12.1 Å². The normalized spacial score (nSPS) is 17.3. The van der Waals surface area contributed by atoms with Crippen molar-refractivity contribution in [2.45, 2.75) is 18.9 Å². The standard InChI is InChI=1S/C11H12N4O/c12-9(7-3-4-7)10-14-11(16-15-10)8-2-1-5-13-6-8/h1-2,5-7,9H,3-4,12H2. The molecule has 0 radical (unpaired) electrons. The van der Waals surface area contributed by atoms with Gasteiger partial charge in [-0.15, -0.1) is 0 Å². The van der Waals surface area contributed by atoms with Gasteiger partial charge in [-0.3, -0.25) is 4.98 Å². The molecule has 0 bridgehead atoms. The maximum absolute atomic E-state index is 5.99. The lowest BCUT2D eigenvalue weighted by atomic mass is 10.2. The third-order valence-corrected chi connectivity index (χ3v) is 2.78. The number of hydrogen-bond donors (Lipinski definition) is 1. The van der Waals surface area contributed by atoms with Crippen LogP contribution in [0.3, 0.4) is 0 Å². The third-order valence-electron chi connectivity index (χ3n) is 2.78. The summed E-state index contributed by atoms with van der Waals surface area (Å²) in [5.74, 6) is 1.61. The van der Waals surface area contributed by atoms with E-state index in [1.54, 1.807) is 12.4 Å². The second kappa shape index (κ2) is 3.68. The predicted octanol–water partition coefficient (Wildman–Crippen LogP) is 1.54. The number of nitrogens with two attached hydrogens (primary N) is 1. The number of rotatable bonds is 3. The fourth-order valence-corrected chi connectivity index (χ4v) is 1.64. The lowest BCUT2D eigenvalue weighted by molar-refractivity contribution is 0.411. The van der Waals surface area contributed by atoms with E-state index in [9.17, 15) is 0 Å². The van der Waals surface area contributed by atoms with Gasteiger partial charge in [0.25, 0.3) is 5.89 Å². The Morgan fingerprint density at radius 1 is 1.44 bits per heavy atom. The first-order valence-electron chi connectivity index (χ1n) is 5.34. The summed E-state index contributed by atoms with van der Waals surface area (Å²) >= 11 is 0. The summed E-state index contributed by atoms with van der Waals surface area (Å²) < 4.78 is 5.17. The molecule has 1 aliphatic carbocycles. The molecule has 5 heteroatoms. The highest BCUT2D eigenvalue weighted by Crippen LogP contribution is 2.38. The molecule has 82 valence electrons. The minimum Gasteiger partial charge on any atom is -0.334 e. The molecule has 2 N–H and O–H groups in total. The molecule has 2 aromatic heterocycles. The van der Waals surface area contributed by atoms with E-state index in [1.165, 1.54) is 0 Å². The van der Waals surface area contributed by atoms with Crippen LogP contribution in [0.4, 0.5) is 0 Å². The smallest absolute Gasteiger partial charge is 0.259 e. The molecular formula is C11H12N4O. The second-order valence-corrected chi connectivity index (χ2v) is 4.06. The SMILES string of the molecule is NC(c1noc(-c2cccnc2)n1)C1CC1. The molecule has 2 heterocycles. The van der Waals surface area contributed by atoms with Crippen molar-refractivity contribution in [3.8, 4) is 11.5 Å². The number of nitrogens with zero attached hydrogens (tertiary/aromatic N) is 3. The van der Waals surface area contributed by atoms with Crippen LogP contribution in [-0.2, 0) is 0 Å². The van der Waals surface area contributed by atoms with E-state index in [-0.39, 0.29) is 6.04 Å². The first-order chi connectivity index (χ1) is 7.84. The van der Waals surface area contributed by atoms with Crippen molar-refractivity contribution in [1.82, 2.24) is 15.1 Å². The van der Waals surface area contributed by atoms with Gasteiger partial charge in [-0.2, -0.15) is 4.98 Å². The Labute approximate surface area is 92.7 Å². The molecule has 1 unspecified atom stereocenters. The van der Waals surface area contributed by atoms with E-state index in [2.05, 4.69) is 15.1 Å². The lowest BCUT2D eigenvalue weighted by Gasteiger charge is -2.01. The Hall–Kier alpha value is -1.75. The van der Waals surface area contributed by atoms with Crippen molar-refractivity contribution in [2.75, 3.05) is 0 Å². The summed E-state index contributed by atoms with van der Waals surface area (Å²) in [6, 6.07) is 3.63. The first kappa shape index (κ1) is 9.47. The molecule has 1 saturated carbocycles. The minimum absolute atomic E-state index is 0.0887. The van der Waals surface area contributed by atoms with Crippen molar-refractivity contribution in [1.29, 1.82) is 0 Å². The molecule has 16 heavy (non-hydrogen) atoms. The highest BCUT2D eigenvalue weighted by atomic mass is 16.5. The van der Waals surface area contributed by atoms with Crippen LogP contribution < -0.4 is 5.73 Å². The second-order valence-electron chi connectivity index (χ2n) is 4.06. The predicted molar refractivity (Wildman–Crippen MR) is 57.2 cm³/mol. The Kier molecular flexibility index (Phi) is 2.18. The van der Waals surface area contributed by atoms with Gasteiger partial charge in [0, 0.05) is 12.4 Å². The van der Waals surface area contributed by atoms with Crippen LogP contribution in [0.5, 0.6) is 0 Å². The summed E-state index contributed by atoms with van der Waals surface area (Å²) in [6.45, 7) is 0. The largest absolute Gasteiger partial charge is 0.334 e. The molecule has 5 nitrogen and oxygen atoms in total. The Morgan fingerprint density at radius 3 is 3.00 bits per heavy atom. The summed E-state index contributed by atoms with van der Waals surface area (Å²) in [5.41, 5.74) is 6.81. The number of hydrogen-bond acceptors (Lipinski definition) is 5. The van der Waals surface area contributed by atoms with Crippen molar-refractivity contribution in [3.05, 3.63) is 30.4 Å². The van der Waals surface area contributed by atoms with Gasteiger partial charge in [0.2, 0.25) is 0 Å². The third kappa shape index (κ3) is 1.69. The number of pyridine rings is 1. The molecule has 2 aromatic rings. The van der Waals surface area contributed by atoms with Gasteiger partial charge >= 0.3 is 0 Å². The molecule has 3 rings (SSSR count). The lowest BCUT2D eigenvalue weighted by Crippen LogP contribution is -2.13. The van der Waals surface area contributed by atoms with E-state index >= 15 is 0 Å². The fourth-order valence-electron chi connectivity index (χ4n) is 1.64. The highest BCUT2D eigenvalue weighted by Gasteiger charge is 2.32.